The number of aryl methyl sites for hydroxylation is 1. The number of rotatable bonds is 1. The molecule has 0 N–H and O–H groups in total. The van der Waals surface area contributed by atoms with Crippen LogP contribution in [0.2, 0.25) is 0 Å². The maximum atomic E-state index is 10.5. The van der Waals surface area contributed by atoms with Gasteiger partial charge in [-0.25, -0.2) is 4.98 Å². The largest absolute Gasteiger partial charge is 0.342 e. The summed E-state index contributed by atoms with van der Waals surface area (Å²) in [5.41, 5.74) is 0. The third-order valence-corrected chi connectivity index (χ3v) is 2.05. The van der Waals surface area contributed by atoms with Crippen molar-refractivity contribution in [1.29, 1.82) is 0 Å². The highest BCUT2D eigenvalue weighted by Crippen LogP contribution is 2.01. The van der Waals surface area contributed by atoms with Crippen LogP contribution >= 0.6 is 10.7 Å². The fourth-order valence-electron chi connectivity index (χ4n) is 0.503. The molecule has 0 aliphatic carbocycles. The quantitative estimate of drug-likeness (QED) is 0.569. The molecule has 5 nitrogen and oxygen atoms in total. The van der Waals surface area contributed by atoms with E-state index in [0.717, 1.165) is 6.33 Å². The number of hydrogen-bond acceptors (Lipinski definition) is 4. The highest BCUT2D eigenvalue weighted by atomic mass is 35.7. The Morgan fingerprint density at radius 2 is 2.30 bits per heavy atom. The zero-order chi connectivity index (χ0) is 7.78. The van der Waals surface area contributed by atoms with Crippen LogP contribution in [-0.4, -0.2) is 22.6 Å². The summed E-state index contributed by atoms with van der Waals surface area (Å²) in [5.74, 6) is 0.245. The zero-order valence-corrected chi connectivity index (χ0v) is 6.59. The summed E-state index contributed by atoms with van der Waals surface area (Å²) in [6.07, 6.45) is 1.12. The van der Waals surface area contributed by atoms with Crippen LogP contribution in [0.5, 0.6) is 0 Å². The molecule has 1 aromatic rings. The molecule has 0 radical (unpaired) electrons. The van der Waals surface area contributed by atoms with Gasteiger partial charge in [-0.3, -0.25) is 0 Å². The van der Waals surface area contributed by atoms with Gasteiger partial charge in [0, 0.05) is 10.7 Å². The Morgan fingerprint density at radius 1 is 1.70 bits per heavy atom. The van der Waals surface area contributed by atoms with Crippen LogP contribution in [0.1, 0.15) is 5.82 Å². The molecule has 10 heavy (non-hydrogen) atoms. The molecule has 7 heteroatoms. The van der Waals surface area contributed by atoms with E-state index in [4.69, 9.17) is 10.7 Å². The Hall–Kier alpha value is -0.620. The lowest BCUT2D eigenvalue weighted by Gasteiger charge is -1.93. The van der Waals surface area contributed by atoms with Crippen molar-refractivity contribution < 1.29 is 8.42 Å². The first-order valence-electron chi connectivity index (χ1n) is 2.33. The molecule has 0 spiro atoms. The molecule has 0 fully saturated rings. The van der Waals surface area contributed by atoms with Crippen LogP contribution in [0.3, 0.4) is 0 Å². The van der Waals surface area contributed by atoms with Gasteiger partial charge in [-0.15, -0.1) is 9.19 Å². The number of aromatic nitrogens is 3. The average Bonchev–Trinajstić information content (AvgIpc) is 2.11. The highest BCUT2D eigenvalue weighted by Gasteiger charge is 2.11. The van der Waals surface area contributed by atoms with E-state index >= 15 is 0 Å². The molecule has 0 aliphatic rings. The molecule has 0 saturated carbocycles. The third kappa shape index (κ3) is 1.27. The first-order valence-corrected chi connectivity index (χ1v) is 4.60. The van der Waals surface area contributed by atoms with Crippen molar-refractivity contribution in [2.45, 2.75) is 6.92 Å². The summed E-state index contributed by atoms with van der Waals surface area (Å²) in [5, 5.41) is 3.37. The van der Waals surface area contributed by atoms with Crippen molar-refractivity contribution in [3.63, 3.8) is 0 Å². The summed E-state index contributed by atoms with van der Waals surface area (Å²) in [6.45, 7) is 1.49. The van der Waals surface area contributed by atoms with Crippen molar-refractivity contribution >= 4 is 19.9 Å². The van der Waals surface area contributed by atoms with Gasteiger partial charge in [-0.1, -0.05) is 0 Å². The first-order chi connectivity index (χ1) is 4.52. The molecule has 1 aromatic heterocycles. The molecule has 0 saturated heterocycles. The minimum absolute atomic E-state index is 0.245. The van der Waals surface area contributed by atoms with Gasteiger partial charge < -0.3 is 0 Å². The summed E-state index contributed by atoms with van der Waals surface area (Å²) < 4.78 is 21.7. The topological polar surface area (TPSA) is 64.8 Å². The second-order valence-corrected chi connectivity index (χ2v) is 3.93. The van der Waals surface area contributed by atoms with E-state index in [1.54, 1.807) is 0 Å². The molecule has 0 aliphatic heterocycles. The van der Waals surface area contributed by atoms with E-state index in [9.17, 15) is 8.42 Å². The van der Waals surface area contributed by atoms with Crippen LogP contribution in [0.15, 0.2) is 6.33 Å². The SMILES string of the molecule is Cc1ncnn1S(=O)(=O)Cl. The minimum atomic E-state index is -3.77. The van der Waals surface area contributed by atoms with Gasteiger partial charge in [0.25, 0.3) is 0 Å². The van der Waals surface area contributed by atoms with Gasteiger partial charge in [0.1, 0.15) is 12.2 Å². The van der Waals surface area contributed by atoms with Gasteiger partial charge in [-0.05, 0) is 6.92 Å². The fourth-order valence-corrected chi connectivity index (χ4v) is 1.43. The van der Waals surface area contributed by atoms with Gasteiger partial charge in [0.05, 0.1) is 0 Å². The second kappa shape index (κ2) is 2.21. The van der Waals surface area contributed by atoms with Crippen LogP contribution in [0.25, 0.3) is 0 Å². The van der Waals surface area contributed by atoms with Crippen molar-refractivity contribution in [3.05, 3.63) is 12.2 Å². The van der Waals surface area contributed by atoms with Crippen molar-refractivity contribution in [2.75, 3.05) is 0 Å². The van der Waals surface area contributed by atoms with E-state index in [-0.39, 0.29) is 5.82 Å². The van der Waals surface area contributed by atoms with Gasteiger partial charge in [-0.2, -0.15) is 8.42 Å². The highest BCUT2D eigenvalue weighted by molar-refractivity contribution is 8.12. The monoisotopic (exact) mass is 181 g/mol. The number of nitrogens with zero attached hydrogens (tertiary/aromatic N) is 3. The molecule has 0 bridgehead atoms. The van der Waals surface area contributed by atoms with Gasteiger partial charge >= 0.3 is 9.24 Å². The summed E-state index contributed by atoms with van der Waals surface area (Å²) in [6, 6.07) is 0. The Labute approximate surface area is 62.2 Å². The molecule has 0 unspecified atom stereocenters. The van der Waals surface area contributed by atoms with E-state index < -0.39 is 9.24 Å². The van der Waals surface area contributed by atoms with Crippen LogP contribution in [-0.2, 0) is 9.24 Å². The van der Waals surface area contributed by atoms with E-state index in [1.165, 1.54) is 6.92 Å². The Morgan fingerprint density at radius 3 is 2.50 bits per heavy atom. The second-order valence-electron chi connectivity index (χ2n) is 1.59. The summed E-state index contributed by atoms with van der Waals surface area (Å²) in [7, 11) is 1.16. The molecular formula is C3H4ClN3O2S. The third-order valence-electron chi connectivity index (χ3n) is 0.884. The predicted molar refractivity (Wildman–Crippen MR) is 34.9 cm³/mol. The lowest BCUT2D eigenvalue weighted by atomic mass is 10.8. The Balaban J connectivity index is 3.32. The maximum Gasteiger partial charge on any atom is 0.342 e. The van der Waals surface area contributed by atoms with E-state index in [0.29, 0.717) is 4.09 Å². The normalized spacial score (nSPS) is 11.8. The standard InChI is InChI=1S/C3H4ClN3O2S/c1-3-5-2-6-7(3)10(4,8)9/h2H,1H3. The molecular weight excluding hydrogens is 178 g/mol. The molecule has 0 amide bonds. The molecule has 0 atom stereocenters. The molecule has 1 heterocycles. The maximum absolute atomic E-state index is 10.5. The summed E-state index contributed by atoms with van der Waals surface area (Å²) >= 11 is 0. The molecule has 0 aromatic carbocycles. The van der Waals surface area contributed by atoms with Crippen LogP contribution < -0.4 is 0 Å². The summed E-state index contributed by atoms with van der Waals surface area (Å²) in [4.78, 5) is 3.57. The Kier molecular flexibility index (Phi) is 1.65. The lowest BCUT2D eigenvalue weighted by Crippen LogP contribution is -2.08. The predicted octanol–water partition coefficient (Wildman–Crippen LogP) is -0.0818. The molecule has 1 rings (SSSR count). The number of halogens is 1. The van der Waals surface area contributed by atoms with E-state index in [2.05, 4.69) is 10.1 Å². The molecule has 56 valence electrons. The minimum Gasteiger partial charge on any atom is -0.219 e. The first kappa shape index (κ1) is 7.49. The fraction of sp³-hybridized carbons (Fsp3) is 0.333. The van der Waals surface area contributed by atoms with Crippen LogP contribution in [0, 0.1) is 6.92 Å². The zero-order valence-electron chi connectivity index (χ0n) is 5.02. The smallest absolute Gasteiger partial charge is 0.219 e. The average molecular weight is 182 g/mol. The Bertz CT molecular complexity index is 329. The van der Waals surface area contributed by atoms with Crippen molar-refractivity contribution in [3.8, 4) is 0 Å². The lowest BCUT2D eigenvalue weighted by molar-refractivity contribution is 0.593. The van der Waals surface area contributed by atoms with Crippen LogP contribution in [0.4, 0.5) is 0 Å². The van der Waals surface area contributed by atoms with Crippen molar-refractivity contribution in [2.24, 2.45) is 0 Å². The van der Waals surface area contributed by atoms with E-state index in [1.807, 2.05) is 0 Å². The van der Waals surface area contributed by atoms with Gasteiger partial charge in [0.2, 0.25) is 0 Å². The van der Waals surface area contributed by atoms with Gasteiger partial charge in [0.15, 0.2) is 0 Å². The number of hydrogen-bond donors (Lipinski definition) is 0. The van der Waals surface area contributed by atoms with Crippen molar-refractivity contribution in [1.82, 2.24) is 14.2 Å².